The van der Waals surface area contributed by atoms with Crippen molar-refractivity contribution in [1.82, 2.24) is 19.4 Å². The Morgan fingerprint density at radius 2 is 2.09 bits per heavy atom. The highest BCUT2D eigenvalue weighted by atomic mass is 19.1. The summed E-state index contributed by atoms with van der Waals surface area (Å²) in [5.41, 5.74) is 1.11. The lowest BCUT2D eigenvalue weighted by Gasteiger charge is -2.26. The number of hydrogen-bond donors (Lipinski definition) is 0. The van der Waals surface area contributed by atoms with Gasteiger partial charge in [-0.3, -0.25) is 9.80 Å². The van der Waals surface area contributed by atoms with Gasteiger partial charge in [0.05, 0.1) is 6.54 Å². The maximum Gasteiger partial charge on any atom is 0.123 e. The second kappa shape index (κ2) is 5.73. The van der Waals surface area contributed by atoms with Gasteiger partial charge >= 0.3 is 0 Å². The number of aryl methyl sites for hydroxylation is 1. The van der Waals surface area contributed by atoms with Crippen molar-refractivity contribution in [3.8, 4) is 0 Å². The van der Waals surface area contributed by atoms with E-state index in [-0.39, 0.29) is 5.82 Å². The van der Waals surface area contributed by atoms with Gasteiger partial charge in [0.1, 0.15) is 11.6 Å². The Bertz CT molecular complexity index is 698. The van der Waals surface area contributed by atoms with Crippen LogP contribution < -0.4 is 0 Å². The molecule has 2 aromatic rings. The first-order chi connectivity index (χ1) is 11.1. The molecule has 0 spiro atoms. The molecule has 122 valence electrons. The van der Waals surface area contributed by atoms with Gasteiger partial charge in [0.15, 0.2) is 0 Å². The SMILES string of the molecule is CN1C[C@H]2CN(Cc3nccn3C)C[C@H]2[C@@H]1c1cccc(F)c1. The molecule has 3 atom stereocenters. The first kappa shape index (κ1) is 14.8. The summed E-state index contributed by atoms with van der Waals surface area (Å²) in [5, 5.41) is 0. The molecule has 0 saturated carbocycles. The van der Waals surface area contributed by atoms with E-state index in [1.807, 2.05) is 25.5 Å². The van der Waals surface area contributed by atoms with Gasteiger partial charge in [-0.05, 0) is 36.6 Å². The number of fused-ring (bicyclic) bond motifs is 1. The molecule has 3 heterocycles. The van der Waals surface area contributed by atoms with E-state index in [2.05, 4.69) is 32.5 Å². The van der Waals surface area contributed by atoms with Crippen LogP contribution in [0, 0.1) is 17.7 Å². The van der Waals surface area contributed by atoms with E-state index in [9.17, 15) is 4.39 Å². The van der Waals surface area contributed by atoms with Crippen molar-refractivity contribution in [3.05, 3.63) is 53.9 Å². The maximum absolute atomic E-state index is 13.6. The fourth-order valence-corrected chi connectivity index (χ4v) is 4.42. The highest BCUT2D eigenvalue weighted by Crippen LogP contribution is 2.44. The summed E-state index contributed by atoms with van der Waals surface area (Å²) in [6, 6.07) is 7.44. The van der Waals surface area contributed by atoms with Crippen molar-refractivity contribution in [2.75, 3.05) is 26.7 Å². The zero-order chi connectivity index (χ0) is 16.0. The number of halogens is 1. The molecule has 0 aliphatic carbocycles. The molecular weight excluding hydrogens is 291 g/mol. The average Bonchev–Trinajstić information content (AvgIpc) is 3.14. The summed E-state index contributed by atoms with van der Waals surface area (Å²) < 4.78 is 15.7. The van der Waals surface area contributed by atoms with Gasteiger partial charge in [-0.15, -0.1) is 0 Å². The third-order valence-corrected chi connectivity index (χ3v) is 5.45. The molecule has 4 nitrogen and oxygen atoms in total. The molecule has 4 rings (SSSR count). The fraction of sp³-hybridized carbons (Fsp3) is 0.500. The van der Waals surface area contributed by atoms with Crippen LogP contribution in [0.15, 0.2) is 36.7 Å². The first-order valence-corrected chi connectivity index (χ1v) is 8.26. The monoisotopic (exact) mass is 314 g/mol. The van der Waals surface area contributed by atoms with E-state index in [1.165, 1.54) is 6.07 Å². The van der Waals surface area contributed by atoms with Gasteiger partial charge in [-0.2, -0.15) is 0 Å². The zero-order valence-electron chi connectivity index (χ0n) is 13.7. The van der Waals surface area contributed by atoms with Crippen LogP contribution in [0.4, 0.5) is 4.39 Å². The summed E-state index contributed by atoms with van der Waals surface area (Å²) in [7, 11) is 4.21. The highest BCUT2D eigenvalue weighted by Gasteiger charge is 2.46. The van der Waals surface area contributed by atoms with Crippen molar-refractivity contribution < 1.29 is 4.39 Å². The number of hydrogen-bond acceptors (Lipinski definition) is 3. The van der Waals surface area contributed by atoms with Gasteiger partial charge in [0.25, 0.3) is 0 Å². The lowest BCUT2D eigenvalue weighted by molar-refractivity contribution is 0.221. The standard InChI is InChI=1S/C18H23FN4/c1-21-7-6-20-17(21)12-23-10-14-9-22(2)18(16(14)11-23)13-4-3-5-15(19)8-13/h3-8,14,16,18H,9-12H2,1-2H3/t14-,16+,18-/m0/s1. The molecule has 1 aromatic carbocycles. The summed E-state index contributed by atoms with van der Waals surface area (Å²) >= 11 is 0. The predicted molar refractivity (Wildman–Crippen MR) is 87.2 cm³/mol. The molecule has 0 bridgehead atoms. The Labute approximate surface area is 136 Å². The Morgan fingerprint density at radius 1 is 1.22 bits per heavy atom. The van der Waals surface area contributed by atoms with Gasteiger partial charge in [-0.25, -0.2) is 9.37 Å². The van der Waals surface area contributed by atoms with E-state index < -0.39 is 0 Å². The first-order valence-electron chi connectivity index (χ1n) is 8.26. The van der Waals surface area contributed by atoms with Crippen LogP contribution in [-0.4, -0.2) is 46.0 Å². The van der Waals surface area contributed by atoms with Gasteiger partial charge in [0.2, 0.25) is 0 Å². The molecular formula is C18H23FN4. The molecule has 1 aromatic heterocycles. The normalized spacial score (nSPS) is 28.4. The van der Waals surface area contributed by atoms with Crippen molar-refractivity contribution in [2.24, 2.45) is 18.9 Å². The van der Waals surface area contributed by atoms with Crippen LogP contribution in [0.5, 0.6) is 0 Å². The summed E-state index contributed by atoms with van der Waals surface area (Å²) in [6.07, 6.45) is 3.85. The second-order valence-electron chi connectivity index (χ2n) is 7.01. The molecule has 0 amide bonds. The molecule has 2 aliphatic rings. The van der Waals surface area contributed by atoms with E-state index in [1.54, 1.807) is 6.07 Å². The number of benzene rings is 1. The fourth-order valence-electron chi connectivity index (χ4n) is 4.42. The molecule has 5 heteroatoms. The number of rotatable bonds is 3. The van der Waals surface area contributed by atoms with E-state index in [0.29, 0.717) is 17.9 Å². The second-order valence-corrected chi connectivity index (χ2v) is 7.01. The Balaban J connectivity index is 1.52. The summed E-state index contributed by atoms with van der Waals surface area (Å²) in [5.74, 6) is 2.21. The lowest BCUT2D eigenvalue weighted by Crippen LogP contribution is -2.29. The van der Waals surface area contributed by atoms with E-state index in [0.717, 1.165) is 37.6 Å². The topological polar surface area (TPSA) is 24.3 Å². The number of nitrogens with zero attached hydrogens (tertiary/aromatic N) is 4. The van der Waals surface area contributed by atoms with Crippen LogP contribution in [0.1, 0.15) is 17.4 Å². The maximum atomic E-state index is 13.6. The number of aromatic nitrogens is 2. The molecule has 0 radical (unpaired) electrons. The molecule has 0 N–H and O–H groups in total. The van der Waals surface area contributed by atoms with Crippen molar-refractivity contribution in [2.45, 2.75) is 12.6 Å². The van der Waals surface area contributed by atoms with Crippen molar-refractivity contribution >= 4 is 0 Å². The largest absolute Gasteiger partial charge is 0.337 e. The third-order valence-electron chi connectivity index (χ3n) is 5.45. The highest BCUT2D eigenvalue weighted by molar-refractivity contribution is 5.23. The Morgan fingerprint density at radius 3 is 2.83 bits per heavy atom. The van der Waals surface area contributed by atoms with E-state index in [4.69, 9.17) is 0 Å². The molecule has 2 aliphatic heterocycles. The quantitative estimate of drug-likeness (QED) is 0.869. The lowest BCUT2D eigenvalue weighted by atomic mass is 9.89. The molecule has 23 heavy (non-hydrogen) atoms. The minimum Gasteiger partial charge on any atom is -0.337 e. The minimum absolute atomic E-state index is 0.137. The average molecular weight is 314 g/mol. The van der Waals surface area contributed by atoms with Crippen LogP contribution >= 0.6 is 0 Å². The van der Waals surface area contributed by atoms with Gasteiger partial charge in [-0.1, -0.05) is 12.1 Å². The number of likely N-dealkylation sites (tertiary alicyclic amines) is 2. The van der Waals surface area contributed by atoms with Crippen LogP contribution in [0.3, 0.4) is 0 Å². The Kier molecular flexibility index (Phi) is 3.70. The smallest absolute Gasteiger partial charge is 0.123 e. The molecule has 2 saturated heterocycles. The van der Waals surface area contributed by atoms with Crippen LogP contribution in [0.2, 0.25) is 0 Å². The molecule has 2 fully saturated rings. The van der Waals surface area contributed by atoms with E-state index >= 15 is 0 Å². The number of imidazole rings is 1. The van der Waals surface area contributed by atoms with Crippen molar-refractivity contribution in [3.63, 3.8) is 0 Å². The minimum atomic E-state index is -0.137. The zero-order valence-corrected chi connectivity index (χ0v) is 13.7. The molecule has 0 unspecified atom stereocenters. The summed E-state index contributed by atoms with van der Waals surface area (Å²) in [4.78, 5) is 9.33. The van der Waals surface area contributed by atoms with Crippen molar-refractivity contribution in [1.29, 1.82) is 0 Å². The van der Waals surface area contributed by atoms with Gasteiger partial charge in [0, 0.05) is 45.1 Å². The van der Waals surface area contributed by atoms with Crippen LogP contribution in [-0.2, 0) is 13.6 Å². The predicted octanol–water partition coefficient (Wildman–Crippen LogP) is 2.29. The summed E-state index contributed by atoms with van der Waals surface area (Å²) in [6.45, 7) is 4.15. The third kappa shape index (κ3) is 2.68. The van der Waals surface area contributed by atoms with Crippen LogP contribution in [0.25, 0.3) is 0 Å². The van der Waals surface area contributed by atoms with Gasteiger partial charge < -0.3 is 4.57 Å². The Hall–Kier alpha value is -1.72.